The molecule has 2 amide bonds. The largest absolute Gasteiger partial charge is 0.490 e. The van der Waals surface area contributed by atoms with E-state index in [4.69, 9.17) is 14.6 Å². The lowest BCUT2D eigenvalue weighted by Crippen LogP contribution is -2.52. The quantitative estimate of drug-likeness (QED) is 0.127. The molecule has 2 aromatic carbocycles. The van der Waals surface area contributed by atoms with Gasteiger partial charge in [-0.05, 0) is 80.6 Å². The molecule has 0 spiro atoms. The van der Waals surface area contributed by atoms with Gasteiger partial charge in [0.1, 0.15) is 17.9 Å². The van der Waals surface area contributed by atoms with Gasteiger partial charge in [0.2, 0.25) is 5.91 Å². The first-order valence-corrected chi connectivity index (χ1v) is 15.4. The number of amides is 2. The molecular weight excluding hydrogens is 584 g/mol. The van der Waals surface area contributed by atoms with E-state index in [1.807, 2.05) is 43.4 Å². The van der Waals surface area contributed by atoms with E-state index in [9.17, 15) is 14.4 Å². The molecule has 0 radical (unpaired) electrons. The molecule has 1 saturated carbocycles. The van der Waals surface area contributed by atoms with Crippen LogP contribution in [0.5, 0.6) is 5.75 Å². The first-order valence-electron chi connectivity index (χ1n) is 15.4. The zero-order valence-electron chi connectivity index (χ0n) is 26.6. The Morgan fingerprint density at radius 2 is 1.85 bits per heavy atom. The van der Waals surface area contributed by atoms with Gasteiger partial charge in [-0.25, -0.2) is 4.79 Å². The number of rotatable bonds is 12. The zero-order valence-corrected chi connectivity index (χ0v) is 26.6. The number of benzene rings is 2. The van der Waals surface area contributed by atoms with Crippen LogP contribution in [0, 0.1) is 0 Å². The molecule has 2 aromatic heterocycles. The summed E-state index contributed by atoms with van der Waals surface area (Å²) in [6, 6.07) is 16.5. The molecule has 0 atom stereocenters. The van der Waals surface area contributed by atoms with E-state index in [-0.39, 0.29) is 12.5 Å². The summed E-state index contributed by atoms with van der Waals surface area (Å²) in [4.78, 5) is 42.6. The van der Waals surface area contributed by atoms with Gasteiger partial charge >= 0.3 is 5.97 Å². The van der Waals surface area contributed by atoms with E-state index >= 15 is 0 Å². The molecule has 4 aromatic rings. The van der Waals surface area contributed by atoms with Gasteiger partial charge in [0, 0.05) is 60.2 Å². The maximum atomic E-state index is 13.6. The van der Waals surface area contributed by atoms with Crippen molar-refractivity contribution in [1.82, 2.24) is 14.9 Å². The lowest BCUT2D eigenvalue weighted by atomic mass is 9.93. The average Bonchev–Trinajstić information content (AvgIpc) is 3.67. The van der Waals surface area contributed by atoms with Crippen LogP contribution in [0.1, 0.15) is 66.9 Å². The van der Waals surface area contributed by atoms with Gasteiger partial charge in [-0.3, -0.25) is 14.6 Å². The molecule has 1 fully saturated rings. The number of aryl methyl sites for hydroxylation is 1. The number of anilines is 1. The fraction of sp³-hybridized carbons (Fsp3) is 0.333. The Labute approximate surface area is 268 Å². The molecule has 10 heteroatoms. The van der Waals surface area contributed by atoms with Crippen molar-refractivity contribution < 1.29 is 29.0 Å². The molecule has 0 bridgehead atoms. The third-order valence-electron chi connectivity index (χ3n) is 8.39. The van der Waals surface area contributed by atoms with Crippen molar-refractivity contribution in [2.45, 2.75) is 51.0 Å². The maximum Gasteiger partial charge on any atom is 0.328 e. The van der Waals surface area contributed by atoms with Crippen LogP contribution in [0.4, 0.5) is 5.69 Å². The van der Waals surface area contributed by atoms with Crippen LogP contribution in [0.3, 0.4) is 0 Å². The number of aromatic nitrogens is 2. The summed E-state index contributed by atoms with van der Waals surface area (Å²) in [5.41, 5.74) is 4.35. The highest BCUT2D eigenvalue weighted by Gasteiger charge is 2.31. The number of hydrogen-bond acceptors (Lipinski definition) is 6. The molecule has 0 saturated heterocycles. The highest BCUT2D eigenvalue weighted by molar-refractivity contribution is 6.05. The fourth-order valence-electron chi connectivity index (χ4n) is 6.02. The number of nitrogens with one attached hydrogen (secondary N) is 2. The minimum atomic E-state index is -1.27. The van der Waals surface area contributed by atoms with Crippen LogP contribution < -0.4 is 15.4 Å². The molecule has 2 heterocycles. The molecular formula is C36H40N4O6. The second-order valence-electron chi connectivity index (χ2n) is 12.0. The smallest absolute Gasteiger partial charge is 0.328 e. The molecule has 5 rings (SSSR count). The Kier molecular flexibility index (Phi) is 9.87. The highest BCUT2D eigenvalue weighted by Crippen LogP contribution is 2.44. The summed E-state index contributed by atoms with van der Waals surface area (Å²) in [7, 11) is 3.56. The van der Waals surface area contributed by atoms with Gasteiger partial charge in [-0.15, -0.1) is 0 Å². The number of methoxy groups -OCH3 is 1. The standard InChI is InChI=1S/C36H40N4O6/c1-36(2,35(44)38-26-15-12-23(14-17-31(41)42)30(22-26)46-20-19-45-4)39-34(43)25-13-16-27-29(21-25)40(3)33(28-11-7-8-18-37-28)32(27)24-9-5-6-10-24/h7-8,11-18,21-22,24H,5-6,9-10,19-20H2,1-4H3,(H,38,44)(H,39,43)(H,41,42)/b17-14+. The Balaban J connectivity index is 1.37. The molecule has 3 N–H and O–H groups in total. The molecule has 10 nitrogen and oxygen atoms in total. The molecule has 0 unspecified atom stereocenters. The van der Waals surface area contributed by atoms with Crippen molar-refractivity contribution in [2.24, 2.45) is 7.05 Å². The minimum absolute atomic E-state index is 0.236. The van der Waals surface area contributed by atoms with E-state index in [1.165, 1.54) is 24.5 Å². The monoisotopic (exact) mass is 624 g/mol. The van der Waals surface area contributed by atoms with Crippen molar-refractivity contribution in [1.29, 1.82) is 0 Å². The normalized spacial score (nSPS) is 13.7. The molecule has 1 aliphatic rings. The number of carbonyl (C=O) groups is 3. The van der Waals surface area contributed by atoms with E-state index in [0.717, 1.165) is 41.2 Å². The number of nitrogens with zero attached hydrogens (tertiary/aromatic N) is 2. The lowest BCUT2D eigenvalue weighted by molar-refractivity contribution is -0.131. The van der Waals surface area contributed by atoms with Crippen LogP contribution in [0.2, 0.25) is 0 Å². The van der Waals surface area contributed by atoms with Gasteiger partial charge in [0.05, 0.1) is 18.0 Å². The lowest BCUT2D eigenvalue weighted by Gasteiger charge is -2.25. The fourth-order valence-corrected chi connectivity index (χ4v) is 6.02. The number of carboxylic acids is 1. The minimum Gasteiger partial charge on any atom is -0.490 e. The van der Waals surface area contributed by atoms with Gasteiger partial charge in [-0.2, -0.15) is 0 Å². The van der Waals surface area contributed by atoms with Gasteiger partial charge in [0.15, 0.2) is 0 Å². The Bertz CT molecular complexity index is 1770. The Hall–Kier alpha value is -4.96. The summed E-state index contributed by atoms with van der Waals surface area (Å²) in [5, 5.41) is 15.9. The first-order chi connectivity index (χ1) is 22.1. The zero-order chi connectivity index (χ0) is 32.8. The van der Waals surface area contributed by atoms with Crippen molar-refractivity contribution in [3.63, 3.8) is 0 Å². The SMILES string of the molecule is COCCOc1cc(NC(=O)C(C)(C)NC(=O)c2ccc3c(C4CCCC4)c(-c4ccccn4)n(C)c3c2)ccc1/C=C/C(=O)O. The summed E-state index contributed by atoms with van der Waals surface area (Å²) in [6.45, 7) is 3.84. The van der Waals surface area contributed by atoms with E-state index in [1.54, 1.807) is 45.4 Å². The summed E-state index contributed by atoms with van der Waals surface area (Å²) in [5.74, 6) is -1.07. The average molecular weight is 625 g/mol. The maximum absolute atomic E-state index is 13.6. The van der Waals surface area contributed by atoms with Crippen molar-refractivity contribution >= 4 is 40.4 Å². The number of carbonyl (C=O) groups excluding carboxylic acids is 2. The predicted octanol–water partition coefficient (Wildman–Crippen LogP) is 6.17. The van der Waals surface area contributed by atoms with Crippen molar-refractivity contribution in [2.75, 3.05) is 25.6 Å². The second kappa shape index (κ2) is 14.0. The van der Waals surface area contributed by atoms with E-state index in [2.05, 4.69) is 20.2 Å². The van der Waals surface area contributed by atoms with Crippen LogP contribution in [0.15, 0.2) is 66.9 Å². The molecule has 0 aliphatic heterocycles. The van der Waals surface area contributed by atoms with Gasteiger partial charge in [-0.1, -0.05) is 25.0 Å². The number of aliphatic carboxylic acids is 1. The molecule has 240 valence electrons. The highest BCUT2D eigenvalue weighted by atomic mass is 16.5. The second-order valence-corrected chi connectivity index (χ2v) is 12.0. The van der Waals surface area contributed by atoms with Gasteiger partial charge in [0.25, 0.3) is 5.91 Å². The van der Waals surface area contributed by atoms with Crippen LogP contribution in [-0.4, -0.2) is 58.3 Å². The van der Waals surface area contributed by atoms with Crippen LogP contribution >= 0.6 is 0 Å². The molecule has 46 heavy (non-hydrogen) atoms. The Morgan fingerprint density at radius 3 is 2.54 bits per heavy atom. The first kappa shape index (κ1) is 32.4. The number of ether oxygens (including phenoxy) is 2. The van der Waals surface area contributed by atoms with Gasteiger partial charge < -0.3 is 29.8 Å². The molecule has 1 aliphatic carbocycles. The third kappa shape index (κ3) is 7.13. The summed E-state index contributed by atoms with van der Waals surface area (Å²) in [6.07, 6.45) is 8.90. The van der Waals surface area contributed by atoms with E-state index in [0.29, 0.717) is 35.1 Å². The predicted molar refractivity (Wildman–Crippen MR) is 178 cm³/mol. The number of carboxylic acid groups (broad SMARTS) is 1. The van der Waals surface area contributed by atoms with Crippen molar-refractivity contribution in [3.8, 4) is 17.1 Å². The number of pyridine rings is 1. The topological polar surface area (TPSA) is 132 Å². The van der Waals surface area contributed by atoms with Crippen LogP contribution in [0.25, 0.3) is 28.4 Å². The number of hydrogen-bond donors (Lipinski definition) is 3. The number of fused-ring (bicyclic) bond motifs is 1. The summed E-state index contributed by atoms with van der Waals surface area (Å²) < 4.78 is 12.9. The Morgan fingerprint density at radius 1 is 1.07 bits per heavy atom. The summed E-state index contributed by atoms with van der Waals surface area (Å²) >= 11 is 0. The van der Waals surface area contributed by atoms with Crippen LogP contribution in [-0.2, 0) is 21.4 Å². The van der Waals surface area contributed by atoms with Crippen molar-refractivity contribution in [3.05, 3.63) is 83.6 Å². The van der Waals surface area contributed by atoms with E-state index < -0.39 is 17.4 Å². The third-order valence-corrected chi connectivity index (χ3v) is 8.39.